The third-order valence-electron chi connectivity index (χ3n) is 3.81. The number of thioether (sulfide) groups is 1. The number of aryl methyl sites for hydroxylation is 1. The van der Waals surface area contributed by atoms with Crippen LogP contribution in [0.5, 0.6) is 11.5 Å². The highest BCUT2D eigenvalue weighted by Crippen LogP contribution is 2.34. The summed E-state index contributed by atoms with van der Waals surface area (Å²) in [7, 11) is 1.57. The second kappa shape index (κ2) is 9.15. The van der Waals surface area contributed by atoms with Crippen molar-refractivity contribution in [3.05, 3.63) is 56.9 Å². The summed E-state index contributed by atoms with van der Waals surface area (Å²) in [6.45, 7) is 1.52. The number of nitrogens with one attached hydrogen (secondary N) is 1. The van der Waals surface area contributed by atoms with E-state index in [1.807, 2.05) is 25.1 Å². The first-order valence-corrected chi connectivity index (χ1v) is 10.0. The summed E-state index contributed by atoms with van der Waals surface area (Å²) in [6, 6.07) is 10.8. The maximum atomic E-state index is 12.3. The lowest BCUT2D eigenvalue weighted by Gasteiger charge is -2.06. The highest BCUT2D eigenvalue weighted by atomic mass is 79.9. The predicted octanol–water partition coefficient (Wildman–Crippen LogP) is 4.12. The molecule has 9 heteroatoms. The summed E-state index contributed by atoms with van der Waals surface area (Å²) in [6.07, 6.45) is 1.72. The van der Waals surface area contributed by atoms with E-state index in [1.54, 1.807) is 31.4 Å². The van der Waals surface area contributed by atoms with Gasteiger partial charge in [0.1, 0.15) is 17.2 Å². The molecule has 1 aliphatic heterocycles. The van der Waals surface area contributed by atoms with Crippen LogP contribution in [0.15, 0.2) is 50.8 Å². The number of benzene rings is 2. The fourth-order valence-electron chi connectivity index (χ4n) is 2.49. The van der Waals surface area contributed by atoms with Gasteiger partial charge in [-0.15, -0.1) is 0 Å². The molecule has 3 rings (SSSR count). The summed E-state index contributed by atoms with van der Waals surface area (Å²) in [4.78, 5) is 27.9. The molecule has 0 aliphatic carbocycles. The number of carbonyl (C=O) groups is 2. The van der Waals surface area contributed by atoms with Gasteiger partial charge in [0.05, 0.1) is 16.5 Å². The summed E-state index contributed by atoms with van der Waals surface area (Å²) in [5.74, 6) is -0.273. The van der Waals surface area contributed by atoms with E-state index in [1.165, 1.54) is 11.8 Å². The Labute approximate surface area is 179 Å². The molecule has 2 aromatic carbocycles. The molecule has 1 fully saturated rings. The van der Waals surface area contributed by atoms with Crippen LogP contribution in [-0.2, 0) is 9.59 Å². The van der Waals surface area contributed by atoms with E-state index >= 15 is 0 Å². The van der Waals surface area contributed by atoms with Gasteiger partial charge in [-0.25, -0.2) is 9.79 Å². The van der Waals surface area contributed by atoms with Crippen molar-refractivity contribution in [2.24, 2.45) is 4.99 Å². The van der Waals surface area contributed by atoms with E-state index < -0.39 is 12.6 Å². The molecule has 0 radical (unpaired) electrons. The maximum Gasteiger partial charge on any atom is 0.341 e. The molecule has 150 valence electrons. The smallest absolute Gasteiger partial charge is 0.341 e. The number of hydrogen-bond acceptors (Lipinski definition) is 6. The zero-order chi connectivity index (χ0) is 21.0. The third kappa shape index (κ3) is 5.39. The molecule has 0 atom stereocenters. The Bertz CT molecular complexity index is 1040. The van der Waals surface area contributed by atoms with Crippen molar-refractivity contribution in [3.8, 4) is 11.5 Å². The second-order valence-electron chi connectivity index (χ2n) is 6.03. The van der Waals surface area contributed by atoms with Crippen LogP contribution < -0.4 is 14.8 Å². The van der Waals surface area contributed by atoms with Crippen molar-refractivity contribution < 1.29 is 24.2 Å². The Kier molecular flexibility index (Phi) is 6.60. The summed E-state index contributed by atoms with van der Waals surface area (Å²) >= 11 is 4.58. The zero-order valence-electron chi connectivity index (χ0n) is 15.6. The van der Waals surface area contributed by atoms with Crippen molar-refractivity contribution >= 4 is 56.5 Å². The first-order valence-electron chi connectivity index (χ1n) is 8.44. The SMILES string of the molecule is COc1ccc(C)cc1N=C1NC(=O)/C(=C/c2ccc(OCC(=O)O)c(Br)c2)S1. The Morgan fingerprint density at radius 3 is 2.72 bits per heavy atom. The quantitative estimate of drug-likeness (QED) is 0.608. The highest BCUT2D eigenvalue weighted by molar-refractivity contribution is 9.10. The summed E-state index contributed by atoms with van der Waals surface area (Å²) in [5.41, 5.74) is 2.43. The molecular formula is C20H17BrN2O5S. The molecule has 1 aliphatic rings. The van der Waals surface area contributed by atoms with Crippen LogP contribution in [0.25, 0.3) is 6.08 Å². The number of rotatable bonds is 6. The molecule has 7 nitrogen and oxygen atoms in total. The van der Waals surface area contributed by atoms with Crippen LogP contribution in [-0.4, -0.2) is 35.9 Å². The van der Waals surface area contributed by atoms with Gasteiger partial charge in [0, 0.05) is 0 Å². The molecule has 2 N–H and O–H groups in total. The Morgan fingerprint density at radius 1 is 1.28 bits per heavy atom. The standard InChI is InChI=1S/C20H17BrN2O5S/c1-11-3-5-16(27-2)14(7-11)22-20-23-19(26)17(29-20)9-12-4-6-15(13(21)8-12)28-10-18(24)25/h3-9H,10H2,1-2H3,(H,24,25)(H,22,23,26)/b17-9-. The lowest BCUT2D eigenvalue weighted by molar-refractivity contribution is -0.139. The normalized spacial score (nSPS) is 16.2. The molecule has 0 saturated carbocycles. The number of aliphatic imine (C=N–C) groups is 1. The molecule has 1 heterocycles. The number of amidine groups is 1. The minimum Gasteiger partial charge on any atom is -0.494 e. The lowest BCUT2D eigenvalue weighted by atomic mass is 10.2. The van der Waals surface area contributed by atoms with E-state index in [4.69, 9.17) is 14.6 Å². The molecular weight excluding hydrogens is 460 g/mol. The fraction of sp³-hybridized carbons (Fsp3) is 0.150. The molecule has 29 heavy (non-hydrogen) atoms. The van der Waals surface area contributed by atoms with Crippen LogP contribution in [0.2, 0.25) is 0 Å². The zero-order valence-corrected chi connectivity index (χ0v) is 18.0. The molecule has 1 amide bonds. The molecule has 0 aromatic heterocycles. The second-order valence-corrected chi connectivity index (χ2v) is 7.91. The number of amides is 1. The van der Waals surface area contributed by atoms with Crippen molar-refractivity contribution in [1.82, 2.24) is 5.32 Å². The van der Waals surface area contributed by atoms with Gasteiger partial charge in [-0.2, -0.15) is 0 Å². The average molecular weight is 477 g/mol. The number of aliphatic carboxylic acids is 1. The van der Waals surface area contributed by atoms with Crippen LogP contribution in [0.3, 0.4) is 0 Å². The Hall–Kier alpha value is -2.78. The van der Waals surface area contributed by atoms with Gasteiger partial charge < -0.3 is 19.9 Å². The van der Waals surface area contributed by atoms with Crippen molar-refractivity contribution in [2.45, 2.75) is 6.92 Å². The van der Waals surface area contributed by atoms with Gasteiger partial charge >= 0.3 is 5.97 Å². The Morgan fingerprint density at radius 2 is 2.03 bits per heavy atom. The van der Waals surface area contributed by atoms with E-state index in [-0.39, 0.29) is 5.91 Å². The van der Waals surface area contributed by atoms with Crippen molar-refractivity contribution in [3.63, 3.8) is 0 Å². The molecule has 1 saturated heterocycles. The van der Waals surface area contributed by atoms with E-state index in [2.05, 4.69) is 26.2 Å². The van der Waals surface area contributed by atoms with Gasteiger partial charge in [-0.05, 0) is 76.1 Å². The summed E-state index contributed by atoms with van der Waals surface area (Å²) < 4.78 is 11.1. The van der Waals surface area contributed by atoms with Crippen LogP contribution >= 0.6 is 27.7 Å². The third-order valence-corrected chi connectivity index (χ3v) is 5.34. The van der Waals surface area contributed by atoms with E-state index in [0.717, 1.165) is 11.1 Å². The number of ether oxygens (including phenoxy) is 2. The van der Waals surface area contributed by atoms with E-state index in [0.29, 0.717) is 31.7 Å². The maximum absolute atomic E-state index is 12.3. The number of carboxylic acid groups (broad SMARTS) is 1. The minimum absolute atomic E-state index is 0.248. The predicted molar refractivity (Wildman–Crippen MR) is 116 cm³/mol. The number of halogens is 1. The number of nitrogens with zero attached hydrogens (tertiary/aromatic N) is 1. The van der Waals surface area contributed by atoms with Gasteiger partial charge in [0.25, 0.3) is 5.91 Å². The van der Waals surface area contributed by atoms with Crippen LogP contribution in [0, 0.1) is 6.92 Å². The fourth-order valence-corrected chi connectivity index (χ4v) is 3.84. The molecule has 0 unspecified atom stereocenters. The van der Waals surface area contributed by atoms with Crippen LogP contribution in [0.4, 0.5) is 5.69 Å². The number of carboxylic acids is 1. The summed E-state index contributed by atoms with van der Waals surface area (Å²) in [5, 5.41) is 11.9. The monoisotopic (exact) mass is 476 g/mol. The van der Waals surface area contributed by atoms with Crippen LogP contribution in [0.1, 0.15) is 11.1 Å². The Balaban J connectivity index is 1.80. The number of methoxy groups -OCH3 is 1. The van der Waals surface area contributed by atoms with Gasteiger partial charge in [0.2, 0.25) is 0 Å². The van der Waals surface area contributed by atoms with E-state index in [9.17, 15) is 9.59 Å². The molecule has 0 spiro atoms. The lowest BCUT2D eigenvalue weighted by Crippen LogP contribution is -2.19. The first-order chi connectivity index (χ1) is 13.9. The number of hydrogen-bond donors (Lipinski definition) is 2. The number of carbonyl (C=O) groups excluding carboxylic acids is 1. The molecule has 2 aromatic rings. The average Bonchev–Trinajstić information content (AvgIpc) is 3.00. The van der Waals surface area contributed by atoms with Gasteiger partial charge in [-0.1, -0.05) is 12.1 Å². The minimum atomic E-state index is -1.06. The topological polar surface area (TPSA) is 97.2 Å². The van der Waals surface area contributed by atoms with Crippen molar-refractivity contribution in [1.29, 1.82) is 0 Å². The molecule has 0 bridgehead atoms. The van der Waals surface area contributed by atoms with Gasteiger partial charge in [0.15, 0.2) is 11.8 Å². The van der Waals surface area contributed by atoms with Gasteiger partial charge in [-0.3, -0.25) is 4.79 Å². The largest absolute Gasteiger partial charge is 0.494 e. The first kappa shape index (κ1) is 20.9. The van der Waals surface area contributed by atoms with Crippen molar-refractivity contribution in [2.75, 3.05) is 13.7 Å². The highest BCUT2D eigenvalue weighted by Gasteiger charge is 2.24.